The van der Waals surface area contributed by atoms with E-state index in [2.05, 4.69) is 53.4 Å². The maximum absolute atomic E-state index is 5.42. The predicted molar refractivity (Wildman–Crippen MR) is 79.1 cm³/mol. The molecule has 0 aliphatic heterocycles. The first kappa shape index (κ1) is 13.5. The molecule has 2 rings (SSSR count). The second kappa shape index (κ2) is 6.29. The Morgan fingerprint density at radius 3 is 2.21 bits per heavy atom. The Bertz CT molecular complexity index is 503. The predicted octanol–water partition coefficient (Wildman–Crippen LogP) is 2.64. The number of nitrogens with zero attached hydrogens (tertiary/aromatic N) is 2. The molecule has 19 heavy (non-hydrogen) atoms. The molecule has 0 atom stereocenters. The summed E-state index contributed by atoms with van der Waals surface area (Å²) in [6, 6.07) is 8.53. The normalized spacial score (nSPS) is 10.7. The second-order valence-corrected chi connectivity index (χ2v) is 4.79. The molecule has 0 amide bonds. The standard InChI is InChI=1S/C15H20N4/c1-11(2)12-3-5-13(6-4-12)14-9-18-15(19-10-14)17-8-7-16/h3-6,9-11H,7-8,16H2,1-2H3,(H,17,18,19). The minimum Gasteiger partial charge on any atom is -0.353 e. The van der Waals surface area contributed by atoms with Gasteiger partial charge in [-0.05, 0) is 17.0 Å². The van der Waals surface area contributed by atoms with Crippen LogP contribution in [0.2, 0.25) is 0 Å². The maximum Gasteiger partial charge on any atom is 0.222 e. The second-order valence-electron chi connectivity index (χ2n) is 4.79. The van der Waals surface area contributed by atoms with Gasteiger partial charge in [-0.25, -0.2) is 9.97 Å². The highest BCUT2D eigenvalue weighted by Gasteiger charge is 2.02. The lowest BCUT2D eigenvalue weighted by Crippen LogP contribution is -2.14. The van der Waals surface area contributed by atoms with Crippen LogP contribution in [0, 0.1) is 0 Å². The highest BCUT2D eigenvalue weighted by molar-refractivity contribution is 5.62. The van der Waals surface area contributed by atoms with Crippen LogP contribution in [0.5, 0.6) is 0 Å². The summed E-state index contributed by atoms with van der Waals surface area (Å²) in [4.78, 5) is 8.54. The minimum absolute atomic E-state index is 0.549. The molecule has 0 bridgehead atoms. The molecule has 0 unspecified atom stereocenters. The van der Waals surface area contributed by atoms with E-state index >= 15 is 0 Å². The van der Waals surface area contributed by atoms with Crippen molar-refractivity contribution < 1.29 is 0 Å². The van der Waals surface area contributed by atoms with E-state index in [0.29, 0.717) is 25.0 Å². The van der Waals surface area contributed by atoms with Crippen LogP contribution in [0.15, 0.2) is 36.7 Å². The number of benzene rings is 1. The number of anilines is 1. The van der Waals surface area contributed by atoms with Crippen LogP contribution < -0.4 is 11.1 Å². The molecule has 2 aromatic rings. The number of rotatable bonds is 5. The number of aromatic nitrogens is 2. The molecule has 0 saturated heterocycles. The van der Waals surface area contributed by atoms with Gasteiger partial charge in [-0.3, -0.25) is 0 Å². The summed E-state index contributed by atoms with van der Waals surface area (Å²) in [7, 11) is 0. The molecule has 0 aliphatic carbocycles. The SMILES string of the molecule is CC(C)c1ccc(-c2cnc(NCCN)nc2)cc1. The lowest BCUT2D eigenvalue weighted by Gasteiger charge is -2.07. The molecule has 0 saturated carbocycles. The molecule has 1 heterocycles. The lowest BCUT2D eigenvalue weighted by molar-refractivity contribution is 0.867. The van der Waals surface area contributed by atoms with Gasteiger partial charge in [0.25, 0.3) is 0 Å². The highest BCUT2D eigenvalue weighted by atomic mass is 15.1. The van der Waals surface area contributed by atoms with E-state index in [1.165, 1.54) is 5.56 Å². The van der Waals surface area contributed by atoms with Gasteiger partial charge in [0, 0.05) is 31.0 Å². The van der Waals surface area contributed by atoms with E-state index in [-0.39, 0.29) is 0 Å². The Kier molecular flexibility index (Phi) is 4.47. The smallest absolute Gasteiger partial charge is 0.222 e. The molecule has 4 nitrogen and oxygen atoms in total. The van der Waals surface area contributed by atoms with Crippen LogP contribution in [0.4, 0.5) is 5.95 Å². The lowest BCUT2D eigenvalue weighted by atomic mass is 10.00. The summed E-state index contributed by atoms with van der Waals surface area (Å²) < 4.78 is 0. The molecule has 4 heteroatoms. The topological polar surface area (TPSA) is 63.8 Å². The molecule has 1 aromatic carbocycles. The van der Waals surface area contributed by atoms with Gasteiger partial charge in [0.1, 0.15) is 0 Å². The largest absolute Gasteiger partial charge is 0.353 e. The molecular formula is C15H20N4. The van der Waals surface area contributed by atoms with Crippen molar-refractivity contribution in [2.45, 2.75) is 19.8 Å². The number of nitrogens with two attached hydrogens (primary N) is 1. The Morgan fingerprint density at radius 1 is 1.05 bits per heavy atom. The Balaban J connectivity index is 2.13. The zero-order valence-corrected chi connectivity index (χ0v) is 11.4. The zero-order chi connectivity index (χ0) is 13.7. The van der Waals surface area contributed by atoms with Crippen LogP contribution in [0.3, 0.4) is 0 Å². The third-order valence-electron chi connectivity index (χ3n) is 2.99. The van der Waals surface area contributed by atoms with Crippen LogP contribution in [-0.2, 0) is 0 Å². The van der Waals surface area contributed by atoms with Gasteiger partial charge in [0.2, 0.25) is 5.95 Å². The number of hydrogen-bond donors (Lipinski definition) is 2. The van der Waals surface area contributed by atoms with Crippen LogP contribution >= 0.6 is 0 Å². The van der Waals surface area contributed by atoms with Crippen LogP contribution in [0.25, 0.3) is 11.1 Å². The van der Waals surface area contributed by atoms with Gasteiger partial charge in [-0.15, -0.1) is 0 Å². The van der Waals surface area contributed by atoms with E-state index in [1.807, 2.05) is 12.4 Å². The summed E-state index contributed by atoms with van der Waals surface area (Å²) >= 11 is 0. The van der Waals surface area contributed by atoms with Crippen molar-refractivity contribution in [3.05, 3.63) is 42.2 Å². The number of hydrogen-bond acceptors (Lipinski definition) is 4. The summed E-state index contributed by atoms with van der Waals surface area (Å²) in [5, 5.41) is 3.05. The van der Waals surface area contributed by atoms with Gasteiger partial charge in [0.15, 0.2) is 0 Å². The molecule has 1 aromatic heterocycles. The van der Waals surface area contributed by atoms with Crippen molar-refractivity contribution in [1.82, 2.24) is 9.97 Å². The average molecular weight is 256 g/mol. The van der Waals surface area contributed by atoms with Crippen molar-refractivity contribution in [3.8, 4) is 11.1 Å². The first-order valence-corrected chi connectivity index (χ1v) is 6.57. The van der Waals surface area contributed by atoms with Crippen molar-refractivity contribution in [2.75, 3.05) is 18.4 Å². The molecule has 3 N–H and O–H groups in total. The fourth-order valence-corrected chi connectivity index (χ4v) is 1.81. The first-order chi connectivity index (χ1) is 9.20. The molecule has 0 radical (unpaired) electrons. The quantitative estimate of drug-likeness (QED) is 0.863. The fourth-order valence-electron chi connectivity index (χ4n) is 1.81. The molecule has 100 valence electrons. The third-order valence-corrected chi connectivity index (χ3v) is 2.99. The Morgan fingerprint density at radius 2 is 1.68 bits per heavy atom. The van der Waals surface area contributed by atoms with Crippen molar-refractivity contribution >= 4 is 5.95 Å². The van der Waals surface area contributed by atoms with Crippen molar-refractivity contribution in [3.63, 3.8) is 0 Å². The van der Waals surface area contributed by atoms with Gasteiger partial charge in [-0.1, -0.05) is 38.1 Å². The maximum atomic E-state index is 5.42. The van der Waals surface area contributed by atoms with E-state index in [4.69, 9.17) is 5.73 Å². The number of nitrogens with one attached hydrogen (secondary N) is 1. The van der Waals surface area contributed by atoms with Gasteiger partial charge in [0.05, 0.1) is 0 Å². The molecule has 0 spiro atoms. The van der Waals surface area contributed by atoms with E-state index in [1.54, 1.807) is 0 Å². The summed E-state index contributed by atoms with van der Waals surface area (Å²) in [6.45, 7) is 5.64. The van der Waals surface area contributed by atoms with Crippen LogP contribution in [-0.4, -0.2) is 23.1 Å². The van der Waals surface area contributed by atoms with Crippen LogP contribution in [0.1, 0.15) is 25.3 Å². The van der Waals surface area contributed by atoms with Gasteiger partial charge in [-0.2, -0.15) is 0 Å². The monoisotopic (exact) mass is 256 g/mol. The summed E-state index contributed by atoms with van der Waals surface area (Å²) in [6.07, 6.45) is 3.66. The highest BCUT2D eigenvalue weighted by Crippen LogP contribution is 2.21. The summed E-state index contributed by atoms with van der Waals surface area (Å²) in [5.41, 5.74) is 8.91. The third kappa shape index (κ3) is 3.51. The molecule has 0 fully saturated rings. The van der Waals surface area contributed by atoms with Crippen molar-refractivity contribution in [2.24, 2.45) is 5.73 Å². The van der Waals surface area contributed by atoms with E-state index < -0.39 is 0 Å². The molecular weight excluding hydrogens is 236 g/mol. The average Bonchev–Trinajstić information content (AvgIpc) is 2.46. The van der Waals surface area contributed by atoms with Crippen molar-refractivity contribution in [1.29, 1.82) is 0 Å². The Hall–Kier alpha value is -1.94. The van der Waals surface area contributed by atoms with Gasteiger partial charge < -0.3 is 11.1 Å². The van der Waals surface area contributed by atoms with Gasteiger partial charge >= 0.3 is 0 Å². The molecule has 0 aliphatic rings. The Labute approximate surface area is 114 Å². The fraction of sp³-hybridized carbons (Fsp3) is 0.333. The zero-order valence-electron chi connectivity index (χ0n) is 11.4. The van der Waals surface area contributed by atoms with E-state index in [9.17, 15) is 0 Å². The summed E-state index contributed by atoms with van der Waals surface area (Å²) in [5.74, 6) is 1.17. The van der Waals surface area contributed by atoms with E-state index in [0.717, 1.165) is 11.1 Å². The first-order valence-electron chi connectivity index (χ1n) is 6.57. The minimum atomic E-state index is 0.549.